The van der Waals surface area contributed by atoms with Crippen molar-refractivity contribution < 1.29 is 9.72 Å². The van der Waals surface area contributed by atoms with Gasteiger partial charge in [-0.2, -0.15) is 0 Å². The number of rotatable bonds is 6. The lowest BCUT2D eigenvalue weighted by Gasteiger charge is -2.30. The molecule has 1 aromatic heterocycles. The number of nitrogens with zero attached hydrogens (tertiary/aromatic N) is 3. The quantitative estimate of drug-likeness (QED) is 0.333. The molecule has 32 heavy (non-hydrogen) atoms. The third-order valence-corrected chi connectivity index (χ3v) is 7.01. The van der Waals surface area contributed by atoms with E-state index in [0.29, 0.717) is 11.7 Å². The van der Waals surface area contributed by atoms with Gasteiger partial charge in [-0.25, -0.2) is 4.98 Å². The van der Waals surface area contributed by atoms with Gasteiger partial charge in [0, 0.05) is 41.9 Å². The standard InChI is InChI=1S/C23H23ClN4O3S/c1-27(17-5-3-2-4-6-17)23-26-21(14-32-23)15-7-9-16(10-8-15)25-22(29)19-12-11-18(28(30)31)13-20(19)24/h7-14,17H,2-6H2,1H3,(H,25,29). The lowest BCUT2D eigenvalue weighted by Crippen LogP contribution is -2.33. The summed E-state index contributed by atoms with van der Waals surface area (Å²) in [4.78, 5) is 29.9. The Morgan fingerprint density at radius 3 is 2.56 bits per heavy atom. The summed E-state index contributed by atoms with van der Waals surface area (Å²) in [5.41, 5.74) is 2.49. The van der Waals surface area contributed by atoms with E-state index in [9.17, 15) is 14.9 Å². The van der Waals surface area contributed by atoms with E-state index >= 15 is 0 Å². The van der Waals surface area contributed by atoms with Crippen molar-refractivity contribution in [2.45, 2.75) is 38.1 Å². The number of aromatic nitrogens is 1. The zero-order valence-electron chi connectivity index (χ0n) is 17.6. The number of anilines is 2. The van der Waals surface area contributed by atoms with Crippen LogP contribution in [0.15, 0.2) is 47.8 Å². The van der Waals surface area contributed by atoms with E-state index in [1.165, 1.54) is 50.3 Å². The Hall–Kier alpha value is -2.97. The molecule has 0 radical (unpaired) electrons. The van der Waals surface area contributed by atoms with Crippen LogP contribution in [0.25, 0.3) is 11.3 Å². The predicted molar refractivity (Wildman–Crippen MR) is 129 cm³/mol. The molecule has 1 aliphatic carbocycles. The fraction of sp³-hybridized carbons (Fsp3) is 0.304. The summed E-state index contributed by atoms with van der Waals surface area (Å²) < 4.78 is 0. The molecule has 1 amide bonds. The summed E-state index contributed by atoms with van der Waals surface area (Å²) in [7, 11) is 2.13. The number of hydrogen-bond donors (Lipinski definition) is 1. The molecule has 1 fully saturated rings. The fourth-order valence-electron chi connectivity index (χ4n) is 3.91. The first-order valence-electron chi connectivity index (χ1n) is 10.5. The van der Waals surface area contributed by atoms with Crippen LogP contribution in [0.4, 0.5) is 16.5 Å². The van der Waals surface area contributed by atoms with E-state index in [0.717, 1.165) is 16.4 Å². The first-order chi connectivity index (χ1) is 15.4. The van der Waals surface area contributed by atoms with Crippen LogP contribution in [-0.2, 0) is 0 Å². The molecule has 1 saturated carbocycles. The Morgan fingerprint density at radius 2 is 1.91 bits per heavy atom. The molecule has 1 N–H and O–H groups in total. The molecule has 0 aliphatic heterocycles. The van der Waals surface area contributed by atoms with Crippen LogP contribution in [0.1, 0.15) is 42.5 Å². The minimum atomic E-state index is -0.552. The highest BCUT2D eigenvalue weighted by Gasteiger charge is 2.21. The van der Waals surface area contributed by atoms with Crippen LogP contribution in [0, 0.1) is 10.1 Å². The van der Waals surface area contributed by atoms with Crippen molar-refractivity contribution in [2.75, 3.05) is 17.3 Å². The molecule has 0 spiro atoms. The Bertz CT molecular complexity index is 1130. The molecular formula is C23H23ClN4O3S. The Labute approximate surface area is 195 Å². The molecule has 9 heteroatoms. The van der Waals surface area contributed by atoms with Gasteiger partial charge in [-0.1, -0.05) is 43.0 Å². The molecule has 0 saturated heterocycles. The van der Waals surface area contributed by atoms with Gasteiger partial charge in [-0.3, -0.25) is 14.9 Å². The van der Waals surface area contributed by atoms with Crippen molar-refractivity contribution in [1.82, 2.24) is 4.98 Å². The maximum absolute atomic E-state index is 12.5. The number of carbonyl (C=O) groups excluding carboxylic acids is 1. The summed E-state index contributed by atoms with van der Waals surface area (Å²) in [6, 6.07) is 11.8. The number of nitrogens with one attached hydrogen (secondary N) is 1. The maximum atomic E-state index is 12.5. The number of thiazole rings is 1. The number of hydrogen-bond acceptors (Lipinski definition) is 6. The van der Waals surface area contributed by atoms with Crippen LogP contribution >= 0.6 is 22.9 Å². The highest BCUT2D eigenvalue weighted by atomic mass is 35.5. The van der Waals surface area contributed by atoms with Gasteiger partial charge in [-0.05, 0) is 31.0 Å². The van der Waals surface area contributed by atoms with E-state index in [1.807, 2.05) is 12.1 Å². The van der Waals surface area contributed by atoms with E-state index in [-0.39, 0.29) is 16.3 Å². The predicted octanol–water partition coefficient (Wildman–Crippen LogP) is 6.39. The van der Waals surface area contributed by atoms with Crippen LogP contribution < -0.4 is 10.2 Å². The third-order valence-electron chi connectivity index (χ3n) is 5.76. The number of benzene rings is 2. The number of nitro groups is 1. The molecular weight excluding hydrogens is 448 g/mol. The van der Waals surface area contributed by atoms with E-state index in [2.05, 4.69) is 22.6 Å². The fourth-order valence-corrected chi connectivity index (χ4v) is 5.04. The SMILES string of the molecule is CN(c1nc(-c2ccc(NC(=O)c3ccc([N+](=O)[O-])cc3Cl)cc2)cs1)C1CCCCC1. The van der Waals surface area contributed by atoms with Gasteiger partial charge in [0.15, 0.2) is 5.13 Å². The summed E-state index contributed by atoms with van der Waals surface area (Å²) in [6.07, 6.45) is 6.33. The van der Waals surface area contributed by atoms with Crippen molar-refractivity contribution >= 4 is 45.4 Å². The summed E-state index contributed by atoms with van der Waals surface area (Å²) in [5, 5.41) is 16.7. The third kappa shape index (κ3) is 4.92. The first-order valence-corrected chi connectivity index (χ1v) is 11.7. The highest BCUT2D eigenvalue weighted by molar-refractivity contribution is 7.14. The minimum Gasteiger partial charge on any atom is -0.348 e. The average molecular weight is 471 g/mol. The molecule has 0 atom stereocenters. The van der Waals surface area contributed by atoms with Crippen molar-refractivity contribution in [3.05, 3.63) is 68.5 Å². The van der Waals surface area contributed by atoms with Crippen molar-refractivity contribution in [3.63, 3.8) is 0 Å². The first kappa shape index (κ1) is 22.2. The monoisotopic (exact) mass is 470 g/mol. The van der Waals surface area contributed by atoms with Crippen LogP contribution in [0.2, 0.25) is 5.02 Å². The normalized spacial score (nSPS) is 14.2. The van der Waals surface area contributed by atoms with Crippen molar-refractivity contribution in [1.29, 1.82) is 0 Å². The van der Waals surface area contributed by atoms with Crippen molar-refractivity contribution in [2.24, 2.45) is 0 Å². The maximum Gasteiger partial charge on any atom is 0.270 e. The second-order valence-corrected chi connectivity index (χ2v) is 9.11. The Balaban J connectivity index is 1.43. The second kappa shape index (κ2) is 9.67. The van der Waals surface area contributed by atoms with Crippen molar-refractivity contribution in [3.8, 4) is 11.3 Å². The van der Waals surface area contributed by atoms with E-state index in [1.54, 1.807) is 23.5 Å². The summed E-state index contributed by atoms with van der Waals surface area (Å²) in [6.45, 7) is 0. The number of halogens is 1. The number of amides is 1. The number of nitro benzene ring substituents is 1. The van der Waals surface area contributed by atoms with Gasteiger partial charge in [0.25, 0.3) is 11.6 Å². The lowest BCUT2D eigenvalue weighted by molar-refractivity contribution is -0.384. The zero-order valence-corrected chi connectivity index (χ0v) is 19.2. The zero-order chi connectivity index (χ0) is 22.7. The molecule has 3 aromatic rings. The van der Waals surface area contributed by atoms with Gasteiger partial charge < -0.3 is 10.2 Å². The smallest absolute Gasteiger partial charge is 0.270 e. The van der Waals surface area contributed by atoms with Crippen LogP contribution in [0.5, 0.6) is 0 Å². The highest BCUT2D eigenvalue weighted by Crippen LogP contribution is 2.32. The lowest BCUT2D eigenvalue weighted by atomic mass is 9.95. The van der Waals surface area contributed by atoms with Gasteiger partial charge in [-0.15, -0.1) is 11.3 Å². The minimum absolute atomic E-state index is 0.0328. The number of non-ortho nitro benzene ring substituents is 1. The summed E-state index contributed by atoms with van der Waals surface area (Å²) >= 11 is 7.69. The molecule has 1 aliphatic rings. The van der Waals surface area contributed by atoms with E-state index in [4.69, 9.17) is 16.6 Å². The Kier molecular flexibility index (Phi) is 6.72. The van der Waals surface area contributed by atoms with Crippen LogP contribution in [0.3, 0.4) is 0 Å². The Morgan fingerprint density at radius 1 is 1.19 bits per heavy atom. The molecule has 2 aromatic carbocycles. The number of carbonyl (C=O) groups is 1. The summed E-state index contributed by atoms with van der Waals surface area (Å²) in [5.74, 6) is -0.428. The van der Waals surface area contributed by atoms with Gasteiger partial charge >= 0.3 is 0 Å². The van der Waals surface area contributed by atoms with Gasteiger partial charge in [0.1, 0.15) is 0 Å². The van der Waals surface area contributed by atoms with Gasteiger partial charge in [0.05, 0.1) is 21.2 Å². The molecule has 0 unspecified atom stereocenters. The molecule has 0 bridgehead atoms. The molecule has 7 nitrogen and oxygen atoms in total. The van der Waals surface area contributed by atoms with Gasteiger partial charge in [0.2, 0.25) is 0 Å². The van der Waals surface area contributed by atoms with Crippen LogP contribution in [-0.4, -0.2) is 28.9 Å². The second-order valence-electron chi connectivity index (χ2n) is 7.87. The molecule has 4 rings (SSSR count). The largest absolute Gasteiger partial charge is 0.348 e. The molecule has 166 valence electrons. The van der Waals surface area contributed by atoms with E-state index < -0.39 is 10.8 Å². The topological polar surface area (TPSA) is 88.4 Å². The molecule has 1 heterocycles. The average Bonchev–Trinajstić information content (AvgIpc) is 3.29.